The molecule has 0 aliphatic heterocycles. The van der Waals surface area contributed by atoms with Gasteiger partial charge in [0.15, 0.2) is 0 Å². The van der Waals surface area contributed by atoms with Crippen LogP contribution < -0.4 is 14.8 Å². The van der Waals surface area contributed by atoms with Gasteiger partial charge in [-0.15, -0.1) is 0 Å². The van der Waals surface area contributed by atoms with Crippen molar-refractivity contribution in [3.63, 3.8) is 0 Å². The summed E-state index contributed by atoms with van der Waals surface area (Å²) < 4.78 is 10.7. The molecular weight excluding hydrogens is 274 g/mol. The number of benzene rings is 2. The normalized spacial score (nSPS) is 10.4. The molecule has 0 atom stereocenters. The summed E-state index contributed by atoms with van der Waals surface area (Å²) in [5, 5.41) is 3.81. The van der Waals surface area contributed by atoms with Gasteiger partial charge in [-0.2, -0.15) is 0 Å². The maximum atomic E-state index is 6.40. The molecule has 2 aromatic carbocycles. The molecule has 0 aliphatic carbocycles. The number of halogens is 1. The molecule has 0 saturated heterocycles. The molecule has 0 aliphatic rings. The summed E-state index contributed by atoms with van der Waals surface area (Å²) in [7, 11) is 5.20. The van der Waals surface area contributed by atoms with E-state index in [1.165, 1.54) is 0 Å². The van der Waals surface area contributed by atoms with Crippen LogP contribution in [0.1, 0.15) is 5.56 Å². The lowest BCUT2D eigenvalue weighted by atomic mass is 10.0. The summed E-state index contributed by atoms with van der Waals surface area (Å²) >= 11 is 6.40. The number of nitrogens with one attached hydrogen (secondary N) is 1. The molecule has 4 heteroatoms. The topological polar surface area (TPSA) is 30.5 Å². The van der Waals surface area contributed by atoms with E-state index in [1.807, 2.05) is 37.4 Å². The smallest absolute Gasteiger partial charge is 0.127 e. The molecule has 0 heterocycles. The Morgan fingerprint density at radius 2 is 1.80 bits per heavy atom. The van der Waals surface area contributed by atoms with Gasteiger partial charge in [0.1, 0.15) is 11.5 Å². The van der Waals surface area contributed by atoms with Crippen molar-refractivity contribution in [1.82, 2.24) is 5.32 Å². The molecule has 0 aromatic heterocycles. The minimum Gasteiger partial charge on any atom is -0.497 e. The molecule has 0 bridgehead atoms. The zero-order valence-electron chi connectivity index (χ0n) is 11.9. The lowest BCUT2D eigenvalue weighted by molar-refractivity contribution is 0.404. The lowest BCUT2D eigenvalue weighted by Crippen LogP contribution is -2.04. The minimum absolute atomic E-state index is 0.698. The summed E-state index contributed by atoms with van der Waals surface area (Å²) in [6, 6.07) is 11.7. The van der Waals surface area contributed by atoms with Crippen molar-refractivity contribution < 1.29 is 9.47 Å². The first-order chi connectivity index (χ1) is 9.69. The molecule has 20 heavy (non-hydrogen) atoms. The first kappa shape index (κ1) is 14.7. The largest absolute Gasteiger partial charge is 0.497 e. The van der Waals surface area contributed by atoms with Crippen LogP contribution in [0.25, 0.3) is 11.1 Å². The predicted molar refractivity (Wildman–Crippen MR) is 82.8 cm³/mol. The fourth-order valence-electron chi connectivity index (χ4n) is 2.12. The van der Waals surface area contributed by atoms with E-state index in [9.17, 15) is 0 Å². The van der Waals surface area contributed by atoms with Gasteiger partial charge in [0.25, 0.3) is 0 Å². The molecule has 0 saturated carbocycles. The van der Waals surface area contributed by atoms with Gasteiger partial charge in [-0.3, -0.25) is 0 Å². The Bertz CT molecular complexity index is 599. The molecule has 2 rings (SSSR count). The summed E-state index contributed by atoms with van der Waals surface area (Å²) in [4.78, 5) is 0. The second-order valence-electron chi connectivity index (χ2n) is 4.41. The Morgan fingerprint density at radius 1 is 1.00 bits per heavy atom. The maximum Gasteiger partial charge on any atom is 0.127 e. The van der Waals surface area contributed by atoms with Crippen LogP contribution in [0, 0.1) is 0 Å². The number of methoxy groups -OCH3 is 2. The van der Waals surface area contributed by atoms with Crippen LogP contribution >= 0.6 is 11.6 Å². The molecule has 1 N–H and O–H groups in total. The molecule has 3 nitrogen and oxygen atoms in total. The van der Waals surface area contributed by atoms with Crippen LogP contribution in [-0.2, 0) is 6.54 Å². The molecule has 0 radical (unpaired) electrons. The van der Waals surface area contributed by atoms with Crippen molar-refractivity contribution in [1.29, 1.82) is 0 Å². The van der Waals surface area contributed by atoms with Gasteiger partial charge < -0.3 is 14.8 Å². The highest BCUT2D eigenvalue weighted by atomic mass is 35.5. The minimum atomic E-state index is 0.698. The van der Waals surface area contributed by atoms with Gasteiger partial charge in [-0.05, 0) is 36.9 Å². The summed E-state index contributed by atoms with van der Waals surface area (Å²) in [6.07, 6.45) is 0. The highest BCUT2D eigenvalue weighted by Gasteiger charge is 2.11. The summed E-state index contributed by atoms with van der Waals surface area (Å²) in [6.45, 7) is 0.787. The number of ether oxygens (including phenoxy) is 2. The van der Waals surface area contributed by atoms with Crippen molar-refractivity contribution in [3.8, 4) is 22.6 Å². The Kier molecular flexibility index (Phi) is 4.88. The van der Waals surface area contributed by atoms with Gasteiger partial charge in [0, 0.05) is 22.7 Å². The van der Waals surface area contributed by atoms with Crippen molar-refractivity contribution in [2.45, 2.75) is 6.54 Å². The van der Waals surface area contributed by atoms with Gasteiger partial charge in [-0.25, -0.2) is 0 Å². The van der Waals surface area contributed by atoms with E-state index in [0.29, 0.717) is 5.02 Å². The summed E-state index contributed by atoms with van der Waals surface area (Å²) in [5.74, 6) is 1.55. The van der Waals surface area contributed by atoms with Gasteiger partial charge in [-0.1, -0.05) is 23.7 Å². The van der Waals surface area contributed by atoms with E-state index >= 15 is 0 Å². The highest BCUT2D eigenvalue weighted by molar-refractivity contribution is 6.33. The lowest BCUT2D eigenvalue weighted by Gasteiger charge is -2.13. The Balaban J connectivity index is 2.49. The molecule has 106 valence electrons. The van der Waals surface area contributed by atoms with Crippen LogP contribution in [0.15, 0.2) is 36.4 Å². The third-order valence-electron chi connectivity index (χ3n) is 3.11. The number of hydrogen-bond acceptors (Lipinski definition) is 3. The molecule has 0 fully saturated rings. The third kappa shape index (κ3) is 3.06. The van der Waals surface area contributed by atoms with Gasteiger partial charge >= 0.3 is 0 Å². The average molecular weight is 292 g/mol. The van der Waals surface area contributed by atoms with Crippen molar-refractivity contribution in [2.24, 2.45) is 0 Å². The molecule has 2 aromatic rings. The van der Waals surface area contributed by atoms with E-state index < -0.39 is 0 Å². The molecule has 0 amide bonds. The Hall–Kier alpha value is -1.71. The second kappa shape index (κ2) is 6.64. The number of rotatable bonds is 5. The fourth-order valence-corrected chi connectivity index (χ4v) is 2.42. The zero-order chi connectivity index (χ0) is 14.5. The van der Waals surface area contributed by atoms with Crippen molar-refractivity contribution in [2.75, 3.05) is 21.3 Å². The quantitative estimate of drug-likeness (QED) is 0.910. The van der Waals surface area contributed by atoms with E-state index in [2.05, 4.69) is 11.4 Å². The predicted octanol–water partition coefficient (Wildman–Crippen LogP) is 3.74. The van der Waals surface area contributed by atoms with E-state index in [0.717, 1.165) is 34.7 Å². The summed E-state index contributed by atoms with van der Waals surface area (Å²) in [5.41, 5.74) is 3.00. The van der Waals surface area contributed by atoms with Crippen molar-refractivity contribution >= 4 is 11.6 Å². The first-order valence-electron chi connectivity index (χ1n) is 6.35. The third-order valence-corrected chi connectivity index (χ3v) is 3.42. The van der Waals surface area contributed by atoms with Crippen LogP contribution in [0.2, 0.25) is 5.02 Å². The van der Waals surface area contributed by atoms with Gasteiger partial charge in [0.05, 0.1) is 14.2 Å². The van der Waals surface area contributed by atoms with Crippen LogP contribution in [0.5, 0.6) is 11.5 Å². The van der Waals surface area contributed by atoms with Crippen LogP contribution in [0.3, 0.4) is 0 Å². The highest BCUT2D eigenvalue weighted by Crippen LogP contribution is 2.37. The average Bonchev–Trinajstić information content (AvgIpc) is 2.47. The molecule has 0 spiro atoms. The SMILES string of the molecule is CNCc1ccc(-c2cc(OC)ccc2OC)c(Cl)c1. The van der Waals surface area contributed by atoms with Crippen LogP contribution in [0.4, 0.5) is 0 Å². The Labute approximate surface area is 124 Å². The van der Waals surface area contributed by atoms with E-state index in [-0.39, 0.29) is 0 Å². The van der Waals surface area contributed by atoms with E-state index in [4.69, 9.17) is 21.1 Å². The zero-order valence-corrected chi connectivity index (χ0v) is 12.6. The first-order valence-corrected chi connectivity index (χ1v) is 6.72. The van der Waals surface area contributed by atoms with Crippen LogP contribution in [-0.4, -0.2) is 21.3 Å². The number of hydrogen-bond donors (Lipinski definition) is 1. The maximum absolute atomic E-state index is 6.40. The standard InChI is InChI=1S/C16H18ClNO2/c1-18-10-11-4-6-13(15(17)8-11)14-9-12(19-2)5-7-16(14)20-3/h4-9,18H,10H2,1-3H3. The van der Waals surface area contributed by atoms with Gasteiger partial charge in [0.2, 0.25) is 0 Å². The second-order valence-corrected chi connectivity index (χ2v) is 4.82. The monoisotopic (exact) mass is 291 g/mol. The van der Waals surface area contributed by atoms with E-state index in [1.54, 1.807) is 14.2 Å². The van der Waals surface area contributed by atoms with Crippen molar-refractivity contribution in [3.05, 3.63) is 47.0 Å². The Morgan fingerprint density at radius 3 is 2.40 bits per heavy atom. The fraction of sp³-hybridized carbons (Fsp3) is 0.250. The molecular formula is C16H18ClNO2. The molecule has 0 unspecified atom stereocenters.